The molecule has 0 fully saturated rings. The molecule has 0 aliphatic heterocycles. The molecular weight excluding hydrogens is 518 g/mol. The van der Waals surface area contributed by atoms with Crippen molar-refractivity contribution >= 4 is 64.5 Å². The molecule has 3 rings (SSSR count). The van der Waals surface area contributed by atoms with E-state index in [2.05, 4.69) is 36.6 Å². The normalized spacial score (nSPS) is 11.6. The summed E-state index contributed by atoms with van der Waals surface area (Å²) in [4.78, 5) is 12.3. The molecular formula is C18H15Br2NO6S. The lowest BCUT2D eigenvalue weighted by atomic mass is 10.1. The van der Waals surface area contributed by atoms with Gasteiger partial charge >= 0.3 is 5.97 Å². The molecule has 0 unspecified atom stereocenters. The highest BCUT2D eigenvalue weighted by Crippen LogP contribution is 2.32. The van der Waals surface area contributed by atoms with Crippen LogP contribution in [0.1, 0.15) is 16.1 Å². The molecule has 0 bridgehead atoms. The second kappa shape index (κ2) is 8.24. The van der Waals surface area contributed by atoms with E-state index in [1.54, 1.807) is 24.3 Å². The Morgan fingerprint density at radius 3 is 2.57 bits per heavy atom. The van der Waals surface area contributed by atoms with Crippen molar-refractivity contribution in [3.63, 3.8) is 0 Å². The number of hydrogen-bond donors (Lipinski definition) is 1. The fourth-order valence-electron chi connectivity index (χ4n) is 2.66. The Balaban J connectivity index is 2.07. The predicted molar refractivity (Wildman–Crippen MR) is 111 cm³/mol. The molecule has 1 N–H and O–H groups in total. The second-order valence-electron chi connectivity index (χ2n) is 5.72. The molecule has 0 saturated carbocycles. The lowest BCUT2D eigenvalue weighted by Gasteiger charge is -2.10. The predicted octanol–water partition coefficient (Wildman–Crippen LogP) is 4.69. The zero-order valence-corrected chi connectivity index (χ0v) is 18.8. The van der Waals surface area contributed by atoms with Gasteiger partial charge in [-0.2, -0.15) is 0 Å². The molecule has 0 amide bonds. The van der Waals surface area contributed by atoms with Gasteiger partial charge in [-0.15, -0.1) is 0 Å². The van der Waals surface area contributed by atoms with E-state index in [1.807, 2.05) is 0 Å². The summed E-state index contributed by atoms with van der Waals surface area (Å²) in [6, 6.07) is 9.49. The minimum Gasteiger partial charge on any atom is -0.465 e. The Hall–Kier alpha value is -1.88. The van der Waals surface area contributed by atoms with E-state index in [4.69, 9.17) is 13.9 Å². The van der Waals surface area contributed by atoms with Gasteiger partial charge in [-0.05, 0) is 52.3 Å². The van der Waals surface area contributed by atoms with Gasteiger partial charge in [0.15, 0.2) is 0 Å². The lowest BCUT2D eigenvalue weighted by Crippen LogP contribution is -2.13. The van der Waals surface area contributed by atoms with E-state index in [0.717, 1.165) is 0 Å². The van der Waals surface area contributed by atoms with Crippen molar-refractivity contribution in [1.29, 1.82) is 0 Å². The molecule has 148 valence electrons. The Morgan fingerprint density at radius 2 is 1.89 bits per heavy atom. The number of furan rings is 1. The average Bonchev–Trinajstić information content (AvgIpc) is 3.00. The number of anilines is 1. The molecule has 0 saturated heterocycles. The molecule has 0 aliphatic rings. The first-order valence-electron chi connectivity index (χ1n) is 7.87. The van der Waals surface area contributed by atoms with Crippen molar-refractivity contribution in [3.05, 3.63) is 56.7 Å². The van der Waals surface area contributed by atoms with Gasteiger partial charge in [0, 0.05) is 27.1 Å². The van der Waals surface area contributed by atoms with E-state index < -0.39 is 16.0 Å². The number of sulfonamides is 1. The number of benzene rings is 2. The molecule has 3 aromatic rings. The van der Waals surface area contributed by atoms with Gasteiger partial charge in [-0.3, -0.25) is 4.72 Å². The van der Waals surface area contributed by atoms with E-state index >= 15 is 0 Å². The summed E-state index contributed by atoms with van der Waals surface area (Å²) in [6.07, 6.45) is 0. The molecule has 0 spiro atoms. The van der Waals surface area contributed by atoms with Crippen LogP contribution >= 0.6 is 31.9 Å². The van der Waals surface area contributed by atoms with Gasteiger partial charge in [0.1, 0.15) is 28.4 Å². The summed E-state index contributed by atoms with van der Waals surface area (Å²) in [6.45, 7) is 0.0746. The standard InChI is InChI=1S/C18H15Br2NO6S/c1-25-9-15-17(18(22)26-2)12-8-11(4-6-14(12)27-15)21-28(23,24)16-7-10(19)3-5-13(16)20/h3-8,21H,9H2,1-2H3. The van der Waals surface area contributed by atoms with Crippen LogP contribution in [0.5, 0.6) is 0 Å². The summed E-state index contributed by atoms with van der Waals surface area (Å²) in [5.41, 5.74) is 0.886. The summed E-state index contributed by atoms with van der Waals surface area (Å²) in [7, 11) is -1.14. The zero-order chi connectivity index (χ0) is 20.5. The van der Waals surface area contributed by atoms with Gasteiger partial charge in [0.25, 0.3) is 10.0 Å². The number of rotatable bonds is 6. The zero-order valence-electron chi connectivity index (χ0n) is 14.8. The van der Waals surface area contributed by atoms with Gasteiger partial charge in [0.05, 0.1) is 7.11 Å². The summed E-state index contributed by atoms with van der Waals surface area (Å²) in [5, 5.41) is 0.424. The Bertz CT molecular complexity index is 1160. The van der Waals surface area contributed by atoms with Gasteiger partial charge in [-0.1, -0.05) is 15.9 Å². The van der Waals surface area contributed by atoms with Crippen LogP contribution in [0, 0.1) is 0 Å². The summed E-state index contributed by atoms with van der Waals surface area (Å²) >= 11 is 6.52. The highest BCUT2D eigenvalue weighted by Gasteiger charge is 2.23. The maximum absolute atomic E-state index is 12.8. The number of carbonyl (C=O) groups excluding carboxylic acids is 1. The molecule has 7 nitrogen and oxygen atoms in total. The molecule has 28 heavy (non-hydrogen) atoms. The Kier molecular flexibility index (Phi) is 6.13. The fraction of sp³-hybridized carbons (Fsp3) is 0.167. The quantitative estimate of drug-likeness (QED) is 0.463. The minimum atomic E-state index is -3.88. The van der Waals surface area contributed by atoms with Crippen molar-refractivity contribution in [2.24, 2.45) is 0 Å². The molecule has 0 aliphatic carbocycles. The van der Waals surface area contributed by atoms with E-state index in [1.165, 1.54) is 26.4 Å². The number of ether oxygens (including phenoxy) is 2. The van der Waals surface area contributed by atoms with E-state index in [0.29, 0.717) is 25.7 Å². The van der Waals surface area contributed by atoms with Crippen LogP contribution < -0.4 is 4.72 Å². The van der Waals surface area contributed by atoms with Crippen LogP contribution in [0.2, 0.25) is 0 Å². The van der Waals surface area contributed by atoms with Crippen LogP contribution in [0.4, 0.5) is 5.69 Å². The third kappa shape index (κ3) is 4.09. The Morgan fingerprint density at radius 1 is 1.14 bits per heavy atom. The van der Waals surface area contributed by atoms with Crippen LogP contribution in [0.25, 0.3) is 11.0 Å². The number of fused-ring (bicyclic) bond motifs is 1. The second-order valence-corrected chi connectivity index (χ2v) is 9.14. The molecule has 1 heterocycles. The first-order chi connectivity index (χ1) is 13.3. The first kappa shape index (κ1) is 20.8. The van der Waals surface area contributed by atoms with Crippen molar-refractivity contribution in [3.8, 4) is 0 Å². The number of carbonyl (C=O) groups is 1. The third-order valence-electron chi connectivity index (χ3n) is 3.86. The largest absolute Gasteiger partial charge is 0.465 e. The van der Waals surface area contributed by atoms with Crippen LogP contribution in [0.15, 0.2) is 54.7 Å². The molecule has 0 radical (unpaired) electrons. The maximum atomic E-state index is 12.8. The van der Waals surface area contributed by atoms with Crippen molar-refractivity contribution in [2.45, 2.75) is 11.5 Å². The van der Waals surface area contributed by atoms with Crippen molar-refractivity contribution < 1.29 is 27.1 Å². The fourth-order valence-corrected chi connectivity index (χ4v) is 5.22. The molecule has 0 atom stereocenters. The van der Waals surface area contributed by atoms with Crippen LogP contribution in [-0.4, -0.2) is 28.6 Å². The SMILES string of the molecule is COCc1oc2ccc(NS(=O)(=O)c3cc(Br)ccc3Br)cc2c1C(=O)OC. The highest BCUT2D eigenvalue weighted by molar-refractivity contribution is 9.11. The van der Waals surface area contributed by atoms with Crippen LogP contribution in [0.3, 0.4) is 0 Å². The number of methoxy groups -OCH3 is 2. The topological polar surface area (TPSA) is 94.8 Å². The lowest BCUT2D eigenvalue weighted by molar-refractivity contribution is 0.0594. The van der Waals surface area contributed by atoms with Crippen molar-refractivity contribution in [2.75, 3.05) is 18.9 Å². The number of esters is 1. The van der Waals surface area contributed by atoms with E-state index in [-0.39, 0.29) is 22.8 Å². The minimum absolute atomic E-state index is 0.0717. The third-order valence-corrected chi connectivity index (χ3v) is 6.73. The number of halogens is 2. The monoisotopic (exact) mass is 531 g/mol. The van der Waals surface area contributed by atoms with Gasteiger partial charge in [-0.25, -0.2) is 13.2 Å². The van der Waals surface area contributed by atoms with E-state index in [9.17, 15) is 13.2 Å². The van der Waals surface area contributed by atoms with Crippen LogP contribution in [-0.2, 0) is 26.1 Å². The highest BCUT2D eigenvalue weighted by atomic mass is 79.9. The molecule has 2 aromatic carbocycles. The molecule has 1 aromatic heterocycles. The average molecular weight is 533 g/mol. The smallest absolute Gasteiger partial charge is 0.342 e. The summed E-state index contributed by atoms with van der Waals surface area (Å²) < 4.78 is 44.7. The maximum Gasteiger partial charge on any atom is 0.342 e. The van der Waals surface area contributed by atoms with Gasteiger partial charge in [0.2, 0.25) is 0 Å². The number of nitrogens with one attached hydrogen (secondary N) is 1. The number of hydrogen-bond acceptors (Lipinski definition) is 6. The first-order valence-corrected chi connectivity index (χ1v) is 10.9. The van der Waals surface area contributed by atoms with Crippen molar-refractivity contribution in [1.82, 2.24) is 0 Å². The Labute approximate surface area is 178 Å². The summed E-state index contributed by atoms with van der Waals surface area (Å²) in [5.74, 6) is -0.292. The van der Waals surface area contributed by atoms with Gasteiger partial charge < -0.3 is 13.9 Å². The molecule has 10 heteroatoms.